The van der Waals surface area contributed by atoms with Crippen molar-refractivity contribution in [1.29, 1.82) is 0 Å². The minimum atomic E-state index is -4.36. The van der Waals surface area contributed by atoms with Crippen LogP contribution in [0.1, 0.15) is 69.9 Å². The molecule has 3 aliphatic rings. The molecule has 1 aromatic rings. The van der Waals surface area contributed by atoms with Crippen LogP contribution in [-0.2, 0) is 27.5 Å². The molecule has 2 aliphatic carbocycles. The molecule has 1 amide bonds. The number of fused-ring (bicyclic) bond motifs is 1. The van der Waals surface area contributed by atoms with Gasteiger partial charge in [-0.15, -0.1) is 0 Å². The second-order valence-electron chi connectivity index (χ2n) is 11.3. The molecule has 0 bridgehead atoms. The lowest BCUT2D eigenvalue weighted by atomic mass is 9.97. The topological polar surface area (TPSA) is 78.5 Å². The fourth-order valence-corrected chi connectivity index (χ4v) is 7.97. The van der Waals surface area contributed by atoms with E-state index in [-0.39, 0.29) is 23.8 Å². The van der Waals surface area contributed by atoms with E-state index >= 15 is 0 Å². The predicted octanol–water partition coefficient (Wildman–Crippen LogP) is 4.31. The van der Waals surface area contributed by atoms with E-state index in [1.807, 2.05) is 13.8 Å². The Kier molecular flexibility index (Phi) is 8.36. The summed E-state index contributed by atoms with van der Waals surface area (Å²) >= 11 is 0. The summed E-state index contributed by atoms with van der Waals surface area (Å²) in [4.78, 5) is 15.4. The van der Waals surface area contributed by atoms with Crippen molar-refractivity contribution in [1.82, 2.24) is 14.9 Å². The van der Waals surface area contributed by atoms with Crippen LogP contribution in [0.2, 0.25) is 0 Å². The van der Waals surface area contributed by atoms with Gasteiger partial charge in [-0.3, -0.25) is 9.69 Å². The Morgan fingerprint density at radius 3 is 2.50 bits per heavy atom. The molecule has 3 unspecified atom stereocenters. The van der Waals surface area contributed by atoms with E-state index in [9.17, 15) is 26.4 Å². The monoisotopic (exact) mass is 529 g/mol. The number of likely N-dealkylation sites (tertiary alicyclic amines) is 1. The summed E-state index contributed by atoms with van der Waals surface area (Å²) in [5.74, 6) is 0.468. The number of carbonyl (C=O) groups excluding carboxylic acids is 1. The second kappa shape index (κ2) is 11.0. The van der Waals surface area contributed by atoms with Gasteiger partial charge in [0.1, 0.15) is 6.04 Å². The highest BCUT2D eigenvalue weighted by Crippen LogP contribution is 2.39. The van der Waals surface area contributed by atoms with Gasteiger partial charge in [-0.05, 0) is 61.5 Å². The van der Waals surface area contributed by atoms with Crippen LogP contribution in [-0.4, -0.2) is 49.6 Å². The maximum absolute atomic E-state index is 13.3. The van der Waals surface area contributed by atoms with Gasteiger partial charge in [-0.1, -0.05) is 44.9 Å². The maximum atomic E-state index is 13.3. The smallest absolute Gasteiger partial charge is 0.352 e. The molecular formula is C26H38F3N3O3S. The van der Waals surface area contributed by atoms with Crippen LogP contribution in [0.3, 0.4) is 0 Å². The summed E-state index contributed by atoms with van der Waals surface area (Å²) in [5.41, 5.74) is -0.00974. The largest absolute Gasteiger partial charge is 0.416 e. The van der Waals surface area contributed by atoms with E-state index in [0.717, 1.165) is 38.3 Å². The third kappa shape index (κ3) is 6.61. The van der Waals surface area contributed by atoms with Gasteiger partial charge in [0.15, 0.2) is 0 Å². The van der Waals surface area contributed by atoms with E-state index in [0.29, 0.717) is 43.8 Å². The molecule has 36 heavy (non-hydrogen) atoms. The summed E-state index contributed by atoms with van der Waals surface area (Å²) in [7, 11) is -3.56. The van der Waals surface area contributed by atoms with Crippen molar-refractivity contribution < 1.29 is 26.4 Å². The van der Waals surface area contributed by atoms with Crippen LogP contribution in [0, 0.1) is 17.8 Å². The third-order valence-corrected chi connectivity index (χ3v) is 9.95. The molecule has 0 aromatic heterocycles. The minimum absolute atomic E-state index is 0.0559. The van der Waals surface area contributed by atoms with Crippen LogP contribution in [0.25, 0.3) is 0 Å². The summed E-state index contributed by atoms with van der Waals surface area (Å²) in [6, 6.07) is 4.61. The first-order valence-corrected chi connectivity index (χ1v) is 14.7. The number of carbonyl (C=O) groups is 1. The Morgan fingerprint density at radius 2 is 1.83 bits per heavy atom. The van der Waals surface area contributed by atoms with Gasteiger partial charge in [0.05, 0.1) is 10.8 Å². The van der Waals surface area contributed by atoms with E-state index < -0.39 is 33.1 Å². The average Bonchev–Trinajstić information content (AvgIpc) is 3.52. The fraction of sp³-hybridized carbons (Fsp3) is 0.731. The minimum Gasteiger partial charge on any atom is -0.352 e. The van der Waals surface area contributed by atoms with Gasteiger partial charge in [0.2, 0.25) is 15.9 Å². The van der Waals surface area contributed by atoms with Gasteiger partial charge >= 0.3 is 6.18 Å². The van der Waals surface area contributed by atoms with Crippen molar-refractivity contribution in [2.24, 2.45) is 17.8 Å². The number of benzene rings is 1. The molecule has 10 heteroatoms. The second-order valence-corrected chi connectivity index (χ2v) is 13.3. The van der Waals surface area contributed by atoms with Crippen molar-refractivity contribution in [2.45, 2.75) is 88.8 Å². The number of halogens is 3. The van der Waals surface area contributed by atoms with E-state index in [4.69, 9.17) is 0 Å². The lowest BCUT2D eigenvalue weighted by molar-refractivity contribution is -0.137. The Balaban J connectivity index is 1.37. The van der Waals surface area contributed by atoms with Crippen molar-refractivity contribution >= 4 is 15.9 Å². The van der Waals surface area contributed by atoms with Crippen molar-refractivity contribution in [3.8, 4) is 0 Å². The molecule has 2 N–H and O–H groups in total. The van der Waals surface area contributed by atoms with Gasteiger partial charge in [0.25, 0.3) is 0 Å². The summed E-state index contributed by atoms with van der Waals surface area (Å²) in [6.45, 7) is 5.87. The normalized spacial score (nSPS) is 26.4. The highest BCUT2D eigenvalue weighted by Gasteiger charge is 2.44. The molecule has 202 valence electrons. The molecule has 0 radical (unpaired) electrons. The SMILES string of the molecule is CC(C)CC(NS(=O)(=O)C1CCCC1)C(=O)NC1CC[C@H]2CN(Cc3cccc(C(F)(F)F)c3)CC12. The molecule has 1 saturated heterocycles. The molecule has 1 aliphatic heterocycles. The molecular weight excluding hydrogens is 491 g/mol. The zero-order valence-corrected chi connectivity index (χ0v) is 21.9. The third-order valence-electron chi connectivity index (χ3n) is 7.99. The van der Waals surface area contributed by atoms with Crippen LogP contribution < -0.4 is 10.0 Å². The molecule has 1 heterocycles. The van der Waals surface area contributed by atoms with Crippen LogP contribution in [0.15, 0.2) is 24.3 Å². The first-order valence-electron chi connectivity index (χ1n) is 13.1. The van der Waals surface area contributed by atoms with Gasteiger partial charge in [-0.25, -0.2) is 13.1 Å². The number of nitrogens with one attached hydrogen (secondary N) is 2. The lowest BCUT2D eigenvalue weighted by Gasteiger charge is -2.26. The number of hydrogen-bond donors (Lipinski definition) is 2. The number of hydrogen-bond acceptors (Lipinski definition) is 4. The number of amides is 1. The van der Waals surface area contributed by atoms with Gasteiger partial charge < -0.3 is 5.32 Å². The maximum Gasteiger partial charge on any atom is 0.416 e. The molecule has 2 saturated carbocycles. The molecule has 4 atom stereocenters. The number of sulfonamides is 1. The van der Waals surface area contributed by atoms with Crippen LogP contribution in [0.5, 0.6) is 0 Å². The highest BCUT2D eigenvalue weighted by atomic mass is 32.2. The fourth-order valence-electron chi connectivity index (χ4n) is 6.23. The Bertz CT molecular complexity index is 1020. The first-order chi connectivity index (χ1) is 16.9. The number of rotatable bonds is 9. The van der Waals surface area contributed by atoms with E-state index in [1.54, 1.807) is 6.07 Å². The molecule has 3 fully saturated rings. The Morgan fingerprint density at radius 1 is 1.11 bits per heavy atom. The quantitative estimate of drug-likeness (QED) is 0.500. The molecule has 6 nitrogen and oxygen atoms in total. The van der Waals surface area contributed by atoms with Crippen LogP contribution in [0.4, 0.5) is 13.2 Å². The molecule has 4 rings (SSSR count). The Labute approximate surface area is 212 Å². The Hall–Kier alpha value is -1.65. The van der Waals surface area contributed by atoms with Crippen molar-refractivity contribution in [3.05, 3.63) is 35.4 Å². The molecule has 1 aromatic carbocycles. The number of nitrogens with zero attached hydrogens (tertiary/aromatic N) is 1. The first kappa shape index (κ1) is 27.4. The zero-order chi connectivity index (χ0) is 26.1. The highest BCUT2D eigenvalue weighted by molar-refractivity contribution is 7.90. The van der Waals surface area contributed by atoms with Gasteiger partial charge in [-0.2, -0.15) is 13.2 Å². The zero-order valence-electron chi connectivity index (χ0n) is 21.1. The van der Waals surface area contributed by atoms with E-state index in [2.05, 4.69) is 14.9 Å². The van der Waals surface area contributed by atoms with Gasteiger partial charge in [0, 0.05) is 25.7 Å². The predicted molar refractivity (Wildman–Crippen MR) is 132 cm³/mol. The lowest BCUT2D eigenvalue weighted by Crippen LogP contribution is -2.52. The average molecular weight is 530 g/mol. The van der Waals surface area contributed by atoms with Crippen molar-refractivity contribution in [2.75, 3.05) is 13.1 Å². The molecule has 0 spiro atoms. The standard InChI is InChI=1S/C26H38F3N3O3S/c1-17(2)12-24(31-36(34,35)21-8-3-4-9-21)25(33)30-23-11-10-19-15-32(16-22(19)23)14-18-6-5-7-20(13-18)26(27,28)29/h5-7,13,17,19,21-24,31H,3-4,8-12,14-16H2,1-2H3,(H,30,33)/t19-,22?,23?,24?/m0/s1. The van der Waals surface area contributed by atoms with E-state index in [1.165, 1.54) is 12.1 Å². The van der Waals surface area contributed by atoms with Crippen molar-refractivity contribution in [3.63, 3.8) is 0 Å². The van der Waals surface area contributed by atoms with Crippen LogP contribution >= 0.6 is 0 Å². The summed E-state index contributed by atoms with van der Waals surface area (Å²) in [5, 5.41) is 2.72. The summed E-state index contributed by atoms with van der Waals surface area (Å²) < 4.78 is 67.7. The number of alkyl halides is 3. The summed E-state index contributed by atoms with van der Waals surface area (Å²) in [6.07, 6.45) is 0.918.